The third kappa shape index (κ3) is 3.65. The topological polar surface area (TPSA) is 29.9 Å². The number of nitrogens with zero attached hydrogens (tertiary/aromatic N) is 2. The Labute approximate surface area is 129 Å². The summed E-state index contributed by atoms with van der Waals surface area (Å²) in [6.45, 7) is 4.70. The molecule has 114 valence electrons. The highest BCUT2D eigenvalue weighted by molar-refractivity contribution is 9.10. The second kappa shape index (κ2) is 6.19. The number of halogens is 4. The van der Waals surface area contributed by atoms with Gasteiger partial charge in [-0.25, -0.2) is 4.68 Å². The van der Waals surface area contributed by atoms with Crippen LogP contribution >= 0.6 is 15.9 Å². The van der Waals surface area contributed by atoms with Gasteiger partial charge in [-0.1, -0.05) is 22.9 Å². The summed E-state index contributed by atoms with van der Waals surface area (Å²) in [5.74, 6) is 0. The van der Waals surface area contributed by atoms with Gasteiger partial charge in [0.15, 0.2) is 0 Å². The molecule has 1 atom stereocenters. The molecule has 2 aromatic rings. The maximum atomic E-state index is 12.7. The number of alkyl halides is 3. The molecule has 0 bridgehead atoms. The van der Waals surface area contributed by atoms with E-state index in [1.54, 1.807) is 12.1 Å². The van der Waals surface area contributed by atoms with E-state index in [9.17, 15) is 13.2 Å². The van der Waals surface area contributed by atoms with E-state index in [0.29, 0.717) is 5.69 Å². The van der Waals surface area contributed by atoms with Gasteiger partial charge in [-0.05, 0) is 37.2 Å². The van der Waals surface area contributed by atoms with Gasteiger partial charge in [0.05, 0.1) is 17.4 Å². The summed E-state index contributed by atoms with van der Waals surface area (Å²) < 4.78 is 40.2. The Morgan fingerprint density at radius 3 is 2.67 bits per heavy atom. The number of rotatable bonds is 4. The van der Waals surface area contributed by atoms with Crippen molar-refractivity contribution < 1.29 is 13.2 Å². The molecular weight excluding hydrogens is 347 g/mol. The summed E-state index contributed by atoms with van der Waals surface area (Å²) in [4.78, 5) is 0. The van der Waals surface area contributed by atoms with Crippen molar-refractivity contribution in [1.82, 2.24) is 15.1 Å². The minimum Gasteiger partial charge on any atom is -0.310 e. The Kier molecular flexibility index (Phi) is 4.73. The van der Waals surface area contributed by atoms with E-state index in [-0.39, 0.29) is 6.04 Å². The van der Waals surface area contributed by atoms with E-state index < -0.39 is 11.7 Å². The van der Waals surface area contributed by atoms with Crippen LogP contribution in [0.2, 0.25) is 0 Å². The molecular formula is C14H15BrF3N3. The molecule has 1 aromatic heterocycles. The fraction of sp³-hybridized carbons (Fsp3) is 0.357. The summed E-state index contributed by atoms with van der Waals surface area (Å²) in [5.41, 5.74) is 0.748. The Balaban J connectivity index is 2.46. The zero-order valence-corrected chi connectivity index (χ0v) is 13.2. The molecule has 0 aliphatic carbocycles. The lowest BCUT2D eigenvalue weighted by atomic mass is 10.1. The number of nitrogens with one attached hydrogen (secondary N) is 1. The summed E-state index contributed by atoms with van der Waals surface area (Å²) in [6.07, 6.45) is -2.55. The molecule has 1 unspecified atom stereocenters. The van der Waals surface area contributed by atoms with Crippen molar-refractivity contribution in [3.05, 3.63) is 46.2 Å². The first-order valence-electron chi connectivity index (χ1n) is 6.48. The predicted octanol–water partition coefficient (Wildman–Crippen LogP) is 4.32. The zero-order chi connectivity index (χ0) is 15.6. The van der Waals surface area contributed by atoms with Crippen LogP contribution in [-0.4, -0.2) is 16.3 Å². The predicted molar refractivity (Wildman–Crippen MR) is 78.4 cm³/mol. The van der Waals surface area contributed by atoms with E-state index in [1.165, 1.54) is 4.68 Å². The Hall–Kier alpha value is -1.34. The van der Waals surface area contributed by atoms with Crippen LogP contribution < -0.4 is 5.32 Å². The highest BCUT2D eigenvalue weighted by atomic mass is 79.9. The normalized spacial score (nSPS) is 13.4. The second-order valence-corrected chi connectivity index (χ2v) is 5.57. The third-order valence-electron chi connectivity index (χ3n) is 3.12. The van der Waals surface area contributed by atoms with Crippen LogP contribution in [0.15, 0.2) is 35.1 Å². The van der Waals surface area contributed by atoms with Crippen LogP contribution in [0.1, 0.15) is 31.0 Å². The van der Waals surface area contributed by atoms with Crippen LogP contribution in [0.25, 0.3) is 5.69 Å². The molecule has 1 heterocycles. The summed E-state index contributed by atoms with van der Waals surface area (Å²) >= 11 is 3.39. The largest absolute Gasteiger partial charge is 0.419 e. The molecule has 0 fully saturated rings. The van der Waals surface area contributed by atoms with Crippen molar-refractivity contribution in [3.8, 4) is 5.69 Å². The molecule has 0 saturated carbocycles. The van der Waals surface area contributed by atoms with Crippen molar-refractivity contribution in [3.63, 3.8) is 0 Å². The van der Waals surface area contributed by atoms with Crippen LogP contribution in [-0.2, 0) is 6.18 Å². The zero-order valence-electron chi connectivity index (χ0n) is 11.6. The minimum absolute atomic E-state index is 0.000960. The average Bonchev–Trinajstić information content (AvgIpc) is 2.88. The van der Waals surface area contributed by atoms with Gasteiger partial charge in [-0.2, -0.15) is 18.3 Å². The summed E-state index contributed by atoms with van der Waals surface area (Å²) in [6, 6.07) is 5.42. The fourth-order valence-electron chi connectivity index (χ4n) is 2.10. The lowest BCUT2D eigenvalue weighted by Crippen LogP contribution is -2.19. The van der Waals surface area contributed by atoms with Gasteiger partial charge in [0.25, 0.3) is 0 Å². The van der Waals surface area contributed by atoms with Crippen LogP contribution in [0.4, 0.5) is 13.2 Å². The van der Waals surface area contributed by atoms with Gasteiger partial charge in [0.1, 0.15) is 0 Å². The van der Waals surface area contributed by atoms with Gasteiger partial charge in [0.2, 0.25) is 0 Å². The first-order valence-corrected chi connectivity index (χ1v) is 7.27. The molecule has 1 aromatic carbocycles. The Morgan fingerprint density at radius 2 is 2.10 bits per heavy atom. The van der Waals surface area contributed by atoms with Gasteiger partial charge >= 0.3 is 6.18 Å². The highest BCUT2D eigenvalue weighted by Crippen LogP contribution is 2.31. The van der Waals surface area contributed by atoms with E-state index in [2.05, 4.69) is 26.3 Å². The van der Waals surface area contributed by atoms with E-state index >= 15 is 0 Å². The fourth-order valence-corrected chi connectivity index (χ4v) is 2.48. The molecule has 0 radical (unpaired) electrons. The molecule has 0 aliphatic heterocycles. The first-order chi connectivity index (χ1) is 9.82. The van der Waals surface area contributed by atoms with Crippen molar-refractivity contribution in [2.24, 2.45) is 0 Å². The van der Waals surface area contributed by atoms with Crippen molar-refractivity contribution in [1.29, 1.82) is 0 Å². The van der Waals surface area contributed by atoms with Crippen LogP contribution in [0.5, 0.6) is 0 Å². The Bertz CT molecular complexity index is 622. The molecule has 21 heavy (non-hydrogen) atoms. The number of benzene rings is 1. The molecule has 7 heteroatoms. The maximum absolute atomic E-state index is 12.7. The summed E-state index contributed by atoms with van der Waals surface area (Å²) in [5, 5.41) is 7.09. The molecule has 3 nitrogen and oxygen atoms in total. The quantitative estimate of drug-likeness (QED) is 0.878. The first kappa shape index (κ1) is 16.0. The van der Waals surface area contributed by atoms with Crippen molar-refractivity contribution >= 4 is 15.9 Å². The molecule has 0 amide bonds. The standard InChI is InChI=1S/C14H15BrF3N3/c1-3-19-9(2)12-6-11(15)4-5-13(12)21-8-10(7-20-21)14(16,17)18/h4-9,19H,3H2,1-2H3. The number of hydrogen-bond acceptors (Lipinski definition) is 2. The monoisotopic (exact) mass is 361 g/mol. The van der Waals surface area contributed by atoms with E-state index in [4.69, 9.17) is 0 Å². The van der Waals surface area contributed by atoms with Crippen molar-refractivity contribution in [2.45, 2.75) is 26.1 Å². The minimum atomic E-state index is -4.39. The van der Waals surface area contributed by atoms with Crippen LogP contribution in [0, 0.1) is 0 Å². The molecule has 0 saturated heterocycles. The molecule has 1 N–H and O–H groups in total. The molecule has 0 aliphatic rings. The lowest BCUT2D eigenvalue weighted by Gasteiger charge is -2.17. The SMILES string of the molecule is CCNC(C)c1cc(Br)ccc1-n1cc(C(F)(F)F)cn1. The lowest BCUT2D eigenvalue weighted by molar-refractivity contribution is -0.137. The maximum Gasteiger partial charge on any atom is 0.419 e. The van der Waals surface area contributed by atoms with Crippen molar-refractivity contribution in [2.75, 3.05) is 6.54 Å². The van der Waals surface area contributed by atoms with E-state index in [1.807, 2.05) is 19.9 Å². The highest BCUT2D eigenvalue weighted by Gasteiger charge is 2.32. The van der Waals surface area contributed by atoms with Gasteiger partial charge in [-0.3, -0.25) is 0 Å². The van der Waals surface area contributed by atoms with Gasteiger partial charge in [-0.15, -0.1) is 0 Å². The second-order valence-electron chi connectivity index (χ2n) is 4.65. The molecule has 0 spiro atoms. The van der Waals surface area contributed by atoms with Gasteiger partial charge in [0, 0.05) is 16.7 Å². The van der Waals surface area contributed by atoms with E-state index in [0.717, 1.165) is 29.0 Å². The third-order valence-corrected chi connectivity index (χ3v) is 3.62. The number of aromatic nitrogens is 2. The smallest absolute Gasteiger partial charge is 0.310 e. The summed E-state index contributed by atoms with van der Waals surface area (Å²) in [7, 11) is 0. The average molecular weight is 362 g/mol. The molecule has 2 rings (SSSR count). The number of hydrogen-bond donors (Lipinski definition) is 1. The Morgan fingerprint density at radius 1 is 1.38 bits per heavy atom. The van der Waals surface area contributed by atoms with Gasteiger partial charge < -0.3 is 5.32 Å². The van der Waals surface area contributed by atoms with Crippen LogP contribution in [0.3, 0.4) is 0 Å².